The van der Waals surface area contributed by atoms with Crippen LogP contribution >= 0.6 is 0 Å². The molecule has 1 aromatic carbocycles. The van der Waals surface area contributed by atoms with Crippen LogP contribution in [0.4, 0.5) is 13.2 Å². The van der Waals surface area contributed by atoms with E-state index in [1.807, 2.05) is 13.8 Å². The third-order valence-corrected chi connectivity index (χ3v) is 3.27. The molecule has 2 N–H and O–H groups in total. The Kier molecular flexibility index (Phi) is 4.13. The summed E-state index contributed by atoms with van der Waals surface area (Å²) in [5.41, 5.74) is 2.22. The van der Waals surface area contributed by atoms with Gasteiger partial charge in [-0.1, -0.05) is 12.1 Å². The van der Waals surface area contributed by atoms with Crippen LogP contribution in [0, 0.1) is 6.92 Å². The van der Waals surface area contributed by atoms with Crippen LogP contribution in [0.25, 0.3) is 0 Å². The van der Waals surface area contributed by atoms with Gasteiger partial charge in [-0.15, -0.1) is 0 Å². The van der Waals surface area contributed by atoms with Gasteiger partial charge >= 0.3 is 6.18 Å². The molecule has 0 spiro atoms. The summed E-state index contributed by atoms with van der Waals surface area (Å²) in [5.74, 6) is 0. The standard InChI is InChI=1S/C14H16F3N3/c1-9(18-7-12-8-19-20-10(12)2)11-3-5-13(6-4-11)14(15,16)17/h3-6,8-9,18H,7H2,1-2H3,(H,19,20)/t9-/m0/s1. The molecule has 2 aromatic rings. The topological polar surface area (TPSA) is 40.7 Å². The van der Waals surface area contributed by atoms with Crippen LogP contribution in [0.1, 0.15) is 35.3 Å². The van der Waals surface area contributed by atoms with Gasteiger partial charge in [-0.05, 0) is 31.5 Å². The number of hydrogen-bond acceptors (Lipinski definition) is 2. The molecule has 0 aliphatic carbocycles. The summed E-state index contributed by atoms with van der Waals surface area (Å²) in [7, 11) is 0. The molecule has 20 heavy (non-hydrogen) atoms. The average molecular weight is 283 g/mol. The second-order valence-electron chi connectivity index (χ2n) is 4.74. The van der Waals surface area contributed by atoms with Crippen molar-refractivity contribution in [3.8, 4) is 0 Å². The number of hydrogen-bond donors (Lipinski definition) is 2. The maximum Gasteiger partial charge on any atom is 0.416 e. The van der Waals surface area contributed by atoms with E-state index in [9.17, 15) is 13.2 Å². The van der Waals surface area contributed by atoms with Gasteiger partial charge in [-0.2, -0.15) is 18.3 Å². The van der Waals surface area contributed by atoms with E-state index in [4.69, 9.17) is 0 Å². The van der Waals surface area contributed by atoms with E-state index in [0.717, 1.165) is 29.0 Å². The van der Waals surface area contributed by atoms with Gasteiger partial charge in [0.2, 0.25) is 0 Å². The highest BCUT2D eigenvalue weighted by Crippen LogP contribution is 2.29. The lowest BCUT2D eigenvalue weighted by Gasteiger charge is -2.15. The van der Waals surface area contributed by atoms with Gasteiger partial charge < -0.3 is 5.32 Å². The zero-order chi connectivity index (χ0) is 14.8. The summed E-state index contributed by atoms with van der Waals surface area (Å²) in [6.07, 6.45) is -2.55. The first-order valence-corrected chi connectivity index (χ1v) is 6.27. The minimum Gasteiger partial charge on any atom is -0.306 e. The fourth-order valence-corrected chi connectivity index (χ4v) is 1.90. The lowest BCUT2D eigenvalue weighted by atomic mass is 10.1. The normalized spacial score (nSPS) is 13.4. The average Bonchev–Trinajstić information content (AvgIpc) is 2.81. The highest BCUT2D eigenvalue weighted by atomic mass is 19.4. The van der Waals surface area contributed by atoms with E-state index in [1.54, 1.807) is 6.20 Å². The van der Waals surface area contributed by atoms with Crippen molar-refractivity contribution in [2.45, 2.75) is 32.6 Å². The van der Waals surface area contributed by atoms with Crippen LogP contribution in [0.3, 0.4) is 0 Å². The fourth-order valence-electron chi connectivity index (χ4n) is 1.90. The SMILES string of the molecule is Cc1[nH]ncc1CN[C@@H](C)c1ccc(C(F)(F)F)cc1. The van der Waals surface area contributed by atoms with Gasteiger partial charge in [0.15, 0.2) is 0 Å². The van der Waals surface area contributed by atoms with Crippen molar-refractivity contribution in [2.24, 2.45) is 0 Å². The number of H-pyrrole nitrogens is 1. The Morgan fingerprint density at radius 3 is 2.40 bits per heavy atom. The Bertz CT molecular complexity index is 558. The zero-order valence-corrected chi connectivity index (χ0v) is 11.3. The van der Waals surface area contributed by atoms with Crippen molar-refractivity contribution in [2.75, 3.05) is 0 Å². The molecule has 0 bridgehead atoms. The number of rotatable bonds is 4. The molecule has 0 radical (unpaired) electrons. The van der Waals surface area contributed by atoms with E-state index >= 15 is 0 Å². The van der Waals surface area contributed by atoms with Crippen molar-refractivity contribution in [1.29, 1.82) is 0 Å². The highest BCUT2D eigenvalue weighted by Gasteiger charge is 2.30. The number of alkyl halides is 3. The Balaban J connectivity index is 1.99. The van der Waals surface area contributed by atoms with Crippen molar-refractivity contribution in [3.63, 3.8) is 0 Å². The molecule has 0 unspecified atom stereocenters. The van der Waals surface area contributed by atoms with Gasteiger partial charge in [-0.25, -0.2) is 0 Å². The Hall–Kier alpha value is -1.82. The smallest absolute Gasteiger partial charge is 0.306 e. The van der Waals surface area contributed by atoms with E-state index in [1.165, 1.54) is 12.1 Å². The van der Waals surface area contributed by atoms with Crippen molar-refractivity contribution in [1.82, 2.24) is 15.5 Å². The molecular weight excluding hydrogens is 267 g/mol. The summed E-state index contributed by atoms with van der Waals surface area (Å²) in [6, 6.07) is 5.19. The minimum absolute atomic E-state index is 0.0356. The van der Waals surface area contributed by atoms with Crippen molar-refractivity contribution in [3.05, 3.63) is 52.8 Å². The van der Waals surface area contributed by atoms with Crippen LogP contribution in [0.15, 0.2) is 30.5 Å². The largest absolute Gasteiger partial charge is 0.416 e. The van der Waals surface area contributed by atoms with E-state index in [0.29, 0.717) is 6.54 Å². The monoisotopic (exact) mass is 283 g/mol. The number of aromatic nitrogens is 2. The maximum absolute atomic E-state index is 12.5. The number of nitrogens with zero attached hydrogens (tertiary/aromatic N) is 1. The summed E-state index contributed by atoms with van der Waals surface area (Å²) >= 11 is 0. The van der Waals surface area contributed by atoms with Crippen LogP contribution in [0.2, 0.25) is 0 Å². The Morgan fingerprint density at radius 1 is 1.25 bits per heavy atom. The molecule has 3 nitrogen and oxygen atoms in total. The zero-order valence-electron chi connectivity index (χ0n) is 11.3. The maximum atomic E-state index is 12.5. The van der Waals surface area contributed by atoms with Crippen molar-refractivity contribution >= 4 is 0 Å². The van der Waals surface area contributed by atoms with E-state index in [2.05, 4.69) is 15.5 Å². The number of aromatic amines is 1. The molecule has 0 amide bonds. The van der Waals surface area contributed by atoms with Gasteiger partial charge in [0.05, 0.1) is 11.8 Å². The molecule has 0 aliphatic rings. The van der Waals surface area contributed by atoms with E-state index < -0.39 is 11.7 Å². The molecule has 1 atom stereocenters. The predicted octanol–water partition coefficient (Wildman–Crippen LogP) is 3.59. The number of aryl methyl sites for hydroxylation is 1. The van der Waals surface area contributed by atoms with Crippen molar-refractivity contribution < 1.29 is 13.2 Å². The molecule has 0 aliphatic heterocycles. The lowest BCUT2D eigenvalue weighted by molar-refractivity contribution is -0.137. The molecule has 0 saturated carbocycles. The lowest BCUT2D eigenvalue weighted by Crippen LogP contribution is -2.18. The fraction of sp³-hybridized carbons (Fsp3) is 0.357. The van der Waals surface area contributed by atoms with Crippen LogP contribution in [0.5, 0.6) is 0 Å². The summed E-state index contributed by atoms with van der Waals surface area (Å²) in [4.78, 5) is 0. The van der Waals surface area contributed by atoms with Gasteiger partial charge in [0.1, 0.15) is 0 Å². The third kappa shape index (κ3) is 3.39. The molecule has 2 rings (SSSR count). The second kappa shape index (κ2) is 5.66. The second-order valence-corrected chi connectivity index (χ2v) is 4.74. The van der Waals surface area contributed by atoms with E-state index in [-0.39, 0.29) is 6.04 Å². The van der Waals surface area contributed by atoms with Crippen LogP contribution in [-0.2, 0) is 12.7 Å². The number of benzene rings is 1. The summed E-state index contributed by atoms with van der Waals surface area (Å²) < 4.78 is 37.4. The quantitative estimate of drug-likeness (QED) is 0.900. The molecule has 0 fully saturated rings. The minimum atomic E-state index is -4.29. The first kappa shape index (κ1) is 14.6. The molecule has 1 heterocycles. The molecular formula is C14H16F3N3. The Labute approximate surface area is 115 Å². The first-order valence-electron chi connectivity index (χ1n) is 6.27. The Morgan fingerprint density at radius 2 is 1.90 bits per heavy atom. The number of nitrogens with one attached hydrogen (secondary N) is 2. The van der Waals surface area contributed by atoms with Gasteiger partial charge in [0.25, 0.3) is 0 Å². The van der Waals surface area contributed by atoms with Crippen LogP contribution < -0.4 is 5.32 Å². The summed E-state index contributed by atoms with van der Waals surface area (Å²) in [5, 5.41) is 10.0. The molecule has 0 saturated heterocycles. The molecule has 1 aromatic heterocycles. The number of halogens is 3. The van der Waals surface area contributed by atoms with Crippen LogP contribution in [-0.4, -0.2) is 10.2 Å². The first-order chi connectivity index (χ1) is 9.38. The molecule has 6 heteroatoms. The van der Waals surface area contributed by atoms with Gasteiger partial charge in [-0.3, -0.25) is 5.10 Å². The third-order valence-electron chi connectivity index (χ3n) is 3.27. The summed E-state index contributed by atoms with van der Waals surface area (Å²) in [6.45, 7) is 4.45. The molecule has 108 valence electrons. The highest BCUT2D eigenvalue weighted by molar-refractivity contribution is 5.26. The van der Waals surface area contributed by atoms with Gasteiger partial charge in [0, 0.05) is 23.8 Å². The predicted molar refractivity (Wildman–Crippen MR) is 70.0 cm³/mol.